The van der Waals surface area contributed by atoms with E-state index in [-0.39, 0.29) is 24.0 Å². The van der Waals surface area contributed by atoms with Crippen LogP contribution in [0.2, 0.25) is 5.02 Å². The van der Waals surface area contributed by atoms with Crippen LogP contribution in [0.1, 0.15) is 36.5 Å². The van der Waals surface area contributed by atoms with Crippen molar-refractivity contribution in [2.45, 2.75) is 45.3 Å². The molecule has 6 nitrogen and oxygen atoms in total. The maximum absolute atomic E-state index is 6.26. The van der Waals surface area contributed by atoms with Gasteiger partial charge in [-0.3, -0.25) is 4.99 Å². The Morgan fingerprint density at radius 1 is 1.27 bits per heavy atom. The number of nitrogens with zero attached hydrogens (tertiary/aromatic N) is 5. The Labute approximate surface area is 177 Å². The van der Waals surface area contributed by atoms with Gasteiger partial charge in [-0.05, 0) is 24.5 Å². The highest BCUT2D eigenvalue weighted by molar-refractivity contribution is 14.0. The number of rotatable bonds is 4. The van der Waals surface area contributed by atoms with Gasteiger partial charge >= 0.3 is 0 Å². The largest absolute Gasteiger partial charge is 0.349 e. The minimum atomic E-state index is 0. The van der Waals surface area contributed by atoms with Gasteiger partial charge in [0.25, 0.3) is 0 Å². The highest BCUT2D eigenvalue weighted by Gasteiger charge is 2.15. The lowest BCUT2D eigenvalue weighted by atomic mass is 10.2. The second kappa shape index (κ2) is 10.1. The molecule has 1 aliphatic rings. The van der Waals surface area contributed by atoms with E-state index in [2.05, 4.69) is 30.0 Å². The molecule has 0 amide bonds. The van der Waals surface area contributed by atoms with E-state index >= 15 is 0 Å². The maximum Gasteiger partial charge on any atom is 0.194 e. The first-order chi connectivity index (χ1) is 12.2. The summed E-state index contributed by atoms with van der Waals surface area (Å²) in [5.41, 5.74) is 1.07. The van der Waals surface area contributed by atoms with E-state index in [4.69, 9.17) is 11.6 Å². The van der Waals surface area contributed by atoms with Gasteiger partial charge in [-0.25, -0.2) is 0 Å². The number of halogens is 2. The molecule has 1 aliphatic heterocycles. The van der Waals surface area contributed by atoms with Gasteiger partial charge in [0.05, 0.1) is 6.54 Å². The third kappa shape index (κ3) is 5.09. The SMILES string of the molecule is CN=C(NCc1nnc2n1CCCCC2)N(C)Cc1ccccc1Cl.I. The number of aromatic nitrogens is 3. The molecule has 0 bridgehead atoms. The van der Waals surface area contributed by atoms with Crippen LogP contribution in [-0.4, -0.2) is 39.7 Å². The van der Waals surface area contributed by atoms with Gasteiger partial charge in [0.15, 0.2) is 11.8 Å². The monoisotopic (exact) mass is 488 g/mol. The Morgan fingerprint density at radius 3 is 2.85 bits per heavy atom. The predicted octanol–water partition coefficient (Wildman–Crippen LogP) is 3.48. The summed E-state index contributed by atoms with van der Waals surface area (Å²) in [7, 11) is 3.79. The van der Waals surface area contributed by atoms with Crippen LogP contribution in [0.25, 0.3) is 0 Å². The summed E-state index contributed by atoms with van der Waals surface area (Å²) in [6.45, 7) is 2.32. The average Bonchev–Trinajstić information content (AvgIpc) is 2.84. The minimum Gasteiger partial charge on any atom is -0.349 e. The topological polar surface area (TPSA) is 58.3 Å². The third-order valence-electron chi connectivity index (χ3n) is 4.53. The van der Waals surface area contributed by atoms with E-state index in [1.807, 2.05) is 31.3 Å². The molecule has 8 heteroatoms. The van der Waals surface area contributed by atoms with Crippen LogP contribution in [0.5, 0.6) is 0 Å². The summed E-state index contributed by atoms with van der Waals surface area (Å²) in [6, 6.07) is 7.88. The summed E-state index contributed by atoms with van der Waals surface area (Å²) in [5.74, 6) is 2.89. The van der Waals surface area contributed by atoms with Gasteiger partial charge in [-0.1, -0.05) is 36.2 Å². The van der Waals surface area contributed by atoms with Crippen LogP contribution in [0.3, 0.4) is 0 Å². The van der Waals surface area contributed by atoms with Crippen LogP contribution in [0.4, 0.5) is 0 Å². The second-order valence-corrected chi connectivity index (χ2v) is 6.75. The van der Waals surface area contributed by atoms with Crippen LogP contribution in [0.15, 0.2) is 29.3 Å². The number of guanidine groups is 1. The van der Waals surface area contributed by atoms with Crippen molar-refractivity contribution in [3.63, 3.8) is 0 Å². The number of hydrogen-bond donors (Lipinski definition) is 1. The van der Waals surface area contributed by atoms with Crippen molar-refractivity contribution in [1.82, 2.24) is 25.0 Å². The number of aliphatic imine (C=N–C) groups is 1. The number of nitrogens with one attached hydrogen (secondary N) is 1. The highest BCUT2D eigenvalue weighted by atomic mass is 127. The molecule has 26 heavy (non-hydrogen) atoms. The highest BCUT2D eigenvalue weighted by Crippen LogP contribution is 2.17. The van der Waals surface area contributed by atoms with E-state index in [1.54, 1.807) is 7.05 Å². The van der Waals surface area contributed by atoms with Crippen LogP contribution in [-0.2, 0) is 26.1 Å². The van der Waals surface area contributed by atoms with E-state index in [0.717, 1.165) is 41.2 Å². The zero-order chi connectivity index (χ0) is 17.6. The molecule has 0 fully saturated rings. The molecular weight excluding hydrogens is 463 g/mol. The number of benzene rings is 1. The Hall–Kier alpha value is -1.35. The Kier molecular flexibility index (Phi) is 8.15. The Balaban J connectivity index is 0.00000243. The zero-order valence-electron chi connectivity index (χ0n) is 15.3. The average molecular weight is 489 g/mol. The molecule has 0 aliphatic carbocycles. The summed E-state index contributed by atoms with van der Waals surface area (Å²) in [6.07, 6.45) is 4.68. The number of hydrogen-bond acceptors (Lipinski definition) is 3. The van der Waals surface area contributed by atoms with Crippen molar-refractivity contribution in [3.8, 4) is 0 Å². The standard InChI is InChI=1S/C18H25ClN6.HI/c1-20-18(24(2)13-14-8-5-6-9-15(14)19)21-12-17-23-22-16-10-4-3-7-11-25(16)17;/h5-6,8-9H,3-4,7,10-13H2,1-2H3,(H,20,21);1H. The summed E-state index contributed by atoms with van der Waals surface area (Å²) >= 11 is 6.26. The Morgan fingerprint density at radius 2 is 2.08 bits per heavy atom. The fourth-order valence-electron chi connectivity index (χ4n) is 3.18. The zero-order valence-corrected chi connectivity index (χ0v) is 18.4. The molecule has 2 heterocycles. The molecule has 3 rings (SSSR count). The molecule has 0 saturated heterocycles. The molecule has 0 atom stereocenters. The van der Waals surface area contributed by atoms with E-state index in [9.17, 15) is 0 Å². The van der Waals surface area contributed by atoms with Gasteiger partial charge in [0, 0.05) is 38.6 Å². The van der Waals surface area contributed by atoms with Gasteiger partial charge < -0.3 is 14.8 Å². The first-order valence-electron chi connectivity index (χ1n) is 8.75. The maximum atomic E-state index is 6.26. The fourth-order valence-corrected chi connectivity index (χ4v) is 3.37. The van der Waals surface area contributed by atoms with Crippen molar-refractivity contribution in [2.24, 2.45) is 4.99 Å². The van der Waals surface area contributed by atoms with E-state index in [1.165, 1.54) is 19.3 Å². The first kappa shape index (κ1) is 21.0. The van der Waals surface area contributed by atoms with Gasteiger partial charge in [-0.2, -0.15) is 0 Å². The van der Waals surface area contributed by atoms with Crippen LogP contribution >= 0.6 is 35.6 Å². The van der Waals surface area contributed by atoms with Crippen molar-refractivity contribution in [3.05, 3.63) is 46.5 Å². The van der Waals surface area contributed by atoms with Gasteiger partial charge in [0.2, 0.25) is 0 Å². The molecule has 1 aromatic heterocycles. The molecule has 142 valence electrons. The molecule has 0 unspecified atom stereocenters. The van der Waals surface area contributed by atoms with Gasteiger partial charge in [0.1, 0.15) is 5.82 Å². The van der Waals surface area contributed by atoms with Crippen molar-refractivity contribution in [2.75, 3.05) is 14.1 Å². The van der Waals surface area contributed by atoms with E-state index < -0.39 is 0 Å². The summed E-state index contributed by atoms with van der Waals surface area (Å²) < 4.78 is 2.25. The third-order valence-corrected chi connectivity index (χ3v) is 4.90. The van der Waals surface area contributed by atoms with E-state index in [0.29, 0.717) is 13.1 Å². The second-order valence-electron chi connectivity index (χ2n) is 6.34. The fraction of sp³-hybridized carbons (Fsp3) is 0.500. The summed E-state index contributed by atoms with van der Waals surface area (Å²) in [5, 5.41) is 12.9. The lowest BCUT2D eigenvalue weighted by Crippen LogP contribution is -2.38. The van der Waals surface area contributed by atoms with Crippen molar-refractivity contribution >= 4 is 41.5 Å². The molecule has 0 radical (unpaired) electrons. The first-order valence-corrected chi connectivity index (χ1v) is 9.13. The molecule has 2 aromatic rings. The molecule has 1 aromatic carbocycles. The lowest BCUT2D eigenvalue weighted by molar-refractivity contribution is 0.473. The quantitative estimate of drug-likeness (QED) is 0.407. The molecule has 0 saturated carbocycles. The van der Waals surface area contributed by atoms with Crippen molar-refractivity contribution in [1.29, 1.82) is 0 Å². The number of aryl methyl sites for hydroxylation is 1. The van der Waals surface area contributed by atoms with Gasteiger partial charge in [-0.15, -0.1) is 34.2 Å². The Bertz CT molecular complexity index is 745. The molecule has 0 spiro atoms. The normalized spacial score (nSPS) is 14.2. The van der Waals surface area contributed by atoms with Crippen LogP contribution in [0, 0.1) is 0 Å². The molecular formula is C18H26ClIN6. The lowest BCUT2D eigenvalue weighted by Gasteiger charge is -2.22. The van der Waals surface area contributed by atoms with Crippen molar-refractivity contribution < 1.29 is 0 Å². The minimum absolute atomic E-state index is 0. The smallest absolute Gasteiger partial charge is 0.194 e. The summed E-state index contributed by atoms with van der Waals surface area (Å²) in [4.78, 5) is 6.43. The van der Waals surface area contributed by atoms with Crippen LogP contribution < -0.4 is 5.32 Å². The predicted molar refractivity (Wildman–Crippen MR) is 116 cm³/mol. The number of fused-ring (bicyclic) bond motifs is 1. The molecule has 1 N–H and O–H groups in total.